The summed E-state index contributed by atoms with van der Waals surface area (Å²) < 4.78 is 14.9. The molecule has 6 nitrogen and oxygen atoms in total. The number of nitrogens with zero attached hydrogens (tertiary/aromatic N) is 4. The van der Waals surface area contributed by atoms with Gasteiger partial charge in [-0.3, -0.25) is 4.79 Å². The minimum absolute atomic E-state index is 0.0266. The molecule has 0 unspecified atom stereocenters. The van der Waals surface area contributed by atoms with Gasteiger partial charge in [-0.25, -0.2) is 4.39 Å². The van der Waals surface area contributed by atoms with Gasteiger partial charge in [0.1, 0.15) is 11.9 Å². The lowest BCUT2D eigenvalue weighted by Crippen LogP contribution is -2.46. The maximum Gasteiger partial charge on any atom is 0.223 e. The molecule has 2 saturated carbocycles. The quantitative estimate of drug-likeness (QED) is 0.848. The van der Waals surface area contributed by atoms with Gasteiger partial charge in [0.15, 0.2) is 5.82 Å². The normalized spacial score (nSPS) is 25.7. The topological polar surface area (TPSA) is 69.6 Å². The molecule has 2 fully saturated rings. The van der Waals surface area contributed by atoms with E-state index in [2.05, 4.69) is 10.2 Å². The van der Waals surface area contributed by atoms with Crippen LogP contribution in [0.1, 0.15) is 32.6 Å². The molecule has 2 bridgehead atoms. The van der Waals surface area contributed by atoms with Crippen molar-refractivity contribution >= 4 is 17.4 Å². The van der Waals surface area contributed by atoms with E-state index < -0.39 is 6.17 Å². The number of phenols is 1. The van der Waals surface area contributed by atoms with Crippen LogP contribution in [0.5, 0.6) is 5.75 Å². The van der Waals surface area contributed by atoms with E-state index in [0.29, 0.717) is 28.7 Å². The van der Waals surface area contributed by atoms with Crippen LogP contribution < -0.4 is 9.80 Å². The van der Waals surface area contributed by atoms with Crippen molar-refractivity contribution in [1.82, 2.24) is 10.2 Å². The van der Waals surface area contributed by atoms with E-state index >= 15 is 0 Å². The van der Waals surface area contributed by atoms with E-state index in [1.807, 2.05) is 18.0 Å². The number of aromatic hydroxyl groups is 1. The van der Waals surface area contributed by atoms with Crippen LogP contribution in [0.3, 0.4) is 0 Å². The highest BCUT2D eigenvalue weighted by molar-refractivity contribution is 5.91. The first-order chi connectivity index (χ1) is 13.8. The Balaban J connectivity index is 1.53. The maximum absolute atomic E-state index is 14.9. The minimum atomic E-state index is -0.824. The number of carbonyl (C=O) groups excluding carboxylic acids is 1. The zero-order valence-corrected chi connectivity index (χ0v) is 17.0. The van der Waals surface area contributed by atoms with Gasteiger partial charge in [0.05, 0.1) is 11.7 Å². The number of aromatic nitrogens is 2. The van der Waals surface area contributed by atoms with Crippen molar-refractivity contribution in [2.45, 2.75) is 44.8 Å². The van der Waals surface area contributed by atoms with Crippen LogP contribution in [0.4, 0.5) is 15.9 Å². The van der Waals surface area contributed by atoms with Crippen molar-refractivity contribution in [3.8, 4) is 17.0 Å². The smallest absolute Gasteiger partial charge is 0.223 e. The molecular weight excluding hydrogens is 371 g/mol. The number of fused-ring (bicyclic) bond motifs is 2. The zero-order chi connectivity index (χ0) is 20.7. The molecule has 0 saturated heterocycles. The van der Waals surface area contributed by atoms with E-state index in [4.69, 9.17) is 0 Å². The van der Waals surface area contributed by atoms with Crippen LogP contribution in [0.15, 0.2) is 30.3 Å². The number of rotatable bonds is 4. The second kappa shape index (κ2) is 7.61. The lowest BCUT2D eigenvalue weighted by molar-refractivity contribution is -0.116. The summed E-state index contributed by atoms with van der Waals surface area (Å²) in [4.78, 5) is 14.9. The second-order valence-electron chi connectivity index (χ2n) is 8.35. The number of carbonyl (C=O) groups is 1. The van der Waals surface area contributed by atoms with Gasteiger partial charge >= 0.3 is 0 Å². The fourth-order valence-electron chi connectivity index (χ4n) is 4.73. The Hall–Kier alpha value is -2.70. The first kappa shape index (κ1) is 19.6. The van der Waals surface area contributed by atoms with Gasteiger partial charge in [-0.05, 0) is 61.8 Å². The third-order valence-corrected chi connectivity index (χ3v) is 6.60. The molecule has 7 heteroatoms. The lowest BCUT2D eigenvalue weighted by atomic mass is 9.83. The summed E-state index contributed by atoms with van der Waals surface area (Å²) in [6.45, 7) is 1.46. The van der Waals surface area contributed by atoms with Gasteiger partial charge in [0.2, 0.25) is 5.91 Å². The molecule has 1 N–H and O–H groups in total. The average molecular weight is 398 g/mol. The SMILES string of the molecule is CC(=O)N(C)c1ccc(-c2ccc(N(C)[C@H]3C[C@@H]4CC[C@@H](C4)[C@H]3F)nn2)c(O)c1. The first-order valence-corrected chi connectivity index (χ1v) is 10.1. The lowest BCUT2D eigenvalue weighted by Gasteiger charge is -2.38. The summed E-state index contributed by atoms with van der Waals surface area (Å²) in [6.07, 6.45) is 3.19. The maximum atomic E-state index is 14.9. The summed E-state index contributed by atoms with van der Waals surface area (Å²) in [5, 5.41) is 18.9. The van der Waals surface area contributed by atoms with Gasteiger partial charge in [0, 0.05) is 38.3 Å². The third-order valence-electron chi connectivity index (χ3n) is 6.60. The van der Waals surface area contributed by atoms with Crippen molar-refractivity contribution in [3.05, 3.63) is 30.3 Å². The molecule has 2 aromatic rings. The Morgan fingerprint density at radius 2 is 1.93 bits per heavy atom. The predicted octanol–water partition coefficient (Wildman–Crippen LogP) is 3.79. The van der Waals surface area contributed by atoms with Gasteiger partial charge < -0.3 is 14.9 Å². The number of benzene rings is 1. The fourth-order valence-corrected chi connectivity index (χ4v) is 4.73. The number of hydrogen-bond acceptors (Lipinski definition) is 5. The van der Waals surface area contributed by atoms with Gasteiger partial charge in [0.25, 0.3) is 0 Å². The highest BCUT2D eigenvalue weighted by atomic mass is 19.1. The molecule has 4 atom stereocenters. The van der Waals surface area contributed by atoms with E-state index in [1.165, 1.54) is 17.9 Å². The van der Waals surface area contributed by atoms with Gasteiger partial charge in [-0.2, -0.15) is 0 Å². The molecule has 1 aromatic carbocycles. The van der Waals surface area contributed by atoms with Crippen LogP contribution >= 0.6 is 0 Å². The van der Waals surface area contributed by atoms with Crippen LogP contribution in [-0.2, 0) is 4.79 Å². The zero-order valence-electron chi connectivity index (χ0n) is 17.0. The van der Waals surface area contributed by atoms with Crippen molar-refractivity contribution < 1.29 is 14.3 Å². The number of hydrogen-bond donors (Lipinski definition) is 1. The van der Waals surface area contributed by atoms with Crippen LogP contribution in [0.2, 0.25) is 0 Å². The van der Waals surface area contributed by atoms with E-state index in [0.717, 1.165) is 25.7 Å². The minimum Gasteiger partial charge on any atom is -0.507 e. The highest BCUT2D eigenvalue weighted by Gasteiger charge is 2.44. The predicted molar refractivity (Wildman–Crippen MR) is 111 cm³/mol. The number of alkyl halides is 1. The van der Waals surface area contributed by atoms with Crippen molar-refractivity contribution in [3.63, 3.8) is 0 Å². The summed E-state index contributed by atoms with van der Waals surface area (Å²) in [7, 11) is 3.53. The summed E-state index contributed by atoms with van der Waals surface area (Å²) in [6, 6.07) is 8.45. The molecule has 1 aromatic heterocycles. The van der Waals surface area contributed by atoms with Gasteiger partial charge in [-0.1, -0.05) is 0 Å². The molecule has 0 radical (unpaired) electrons. The van der Waals surface area contributed by atoms with E-state index in [-0.39, 0.29) is 23.6 Å². The monoisotopic (exact) mass is 398 g/mol. The molecule has 0 aliphatic heterocycles. The Morgan fingerprint density at radius 1 is 1.14 bits per heavy atom. The van der Waals surface area contributed by atoms with Crippen LogP contribution in [-0.4, -0.2) is 47.5 Å². The molecule has 2 aliphatic carbocycles. The Bertz CT molecular complexity index is 904. The summed E-state index contributed by atoms with van der Waals surface area (Å²) >= 11 is 0. The molecule has 29 heavy (non-hydrogen) atoms. The molecule has 0 spiro atoms. The van der Waals surface area contributed by atoms with Crippen LogP contribution in [0.25, 0.3) is 11.3 Å². The standard InChI is InChI=1S/C22H27FN4O2/c1-13(28)26(2)16-6-7-17(20(29)12-16)18-8-9-21(25-24-18)27(3)19-11-14-4-5-15(10-14)22(19)23/h6-9,12,14-15,19,22,29H,4-5,10-11H2,1-3H3/t14-,15+,19+,22-/m1/s1. The first-order valence-electron chi connectivity index (χ1n) is 10.1. The van der Waals surface area contributed by atoms with E-state index in [1.54, 1.807) is 25.2 Å². The largest absolute Gasteiger partial charge is 0.507 e. The third kappa shape index (κ3) is 3.66. The summed E-state index contributed by atoms with van der Waals surface area (Å²) in [5.74, 6) is 1.34. The number of phenolic OH excluding ortho intramolecular Hbond substituents is 1. The highest BCUT2D eigenvalue weighted by Crippen LogP contribution is 2.45. The number of anilines is 2. The fraction of sp³-hybridized carbons (Fsp3) is 0.500. The van der Waals surface area contributed by atoms with E-state index in [9.17, 15) is 14.3 Å². The Kier molecular flexibility index (Phi) is 5.15. The van der Waals surface area contributed by atoms with Gasteiger partial charge in [-0.15, -0.1) is 10.2 Å². The van der Waals surface area contributed by atoms with Crippen LogP contribution in [0, 0.1) is 11.8 Å². The average Bonchev–Trinajstić information content (AvgIpc) is 3.13. The Labute approximate surface area is 170 Å². The van der Waals surface area contributed by atoms with Crippen molar-refractivity contribution in [1.29, 1.82) is 0 Å². The molecule has 1 heterocycles. The van der Waals surface area contributed by atoms with Crippen molar-refractivity contribution in [2.75, 3.05) is 23.9 Å². The van der Waals surface area contributed by atoms with Crippen molar-refractivity contribution in [2.24, 2.45) is 11.8 Å². The second-order valence-corrected chi connectivity index (χ2v) is 8.35. The summed E-state index contributed by atoms with van der Waals surface area (Å²) in [5.41, 5.74) is 1.66. The molecule has 1 amide bonds. The number of halogens is 1. The Morgan fingerprint density at radius 3 is 2.59 bits per heavy atom. The number of amides is 1. The molecular formula is C22H27FN4O2. The molecule has 154 valence electrons. The molecule has 2 aliphatic rings. The molecule has 4 rings (SSSR count).